The summed E-state index contributed by atoms with van der Waals surface area (Å²) in [5.41, 5.74) is 0. The molecule has 0 spiro atoms. The molecule has 3 heterocycles. The van der Waals surface area contributed by atoms with Gasteiger partial charge in [0.15, 0.2) is 25.0 Å². The Bertz CT molecular complexity index is 693. The number of carboxylic acid groups (broad SMARTS) is 1. The van der Waals surface area contributed by atoms with Crippen LogP contribution >= 0.6 is 0 Å². The molecule has 0 aromatic rings. The van der Waals surface area contributed by atoms with Crippen LogP contribution in [0.25, 0.3) is 0 Å². The number of hydrogen-bond acceptors (Lipinski definition) is 15. The average Bonchev–Trinajstić information content (AvgIpc) is 2.79. The number of aliphatic hydroxyl groups is 9. The highest BCUT2D eigenvalue weighted by Crippen LogP contribution is 2.32. The largest absolute Gasteiger partial charge is 0.479 e. The van der Waals surface area contributed by atoms with Crippen molar-refractivity contribution in [3.05, 3.63) is 0 Å². The van der Waals surface area contributed by atoms with E-state index in [1.165, 1.54) is 6.92 Å². The lowest BCUT2D eigenvalue weighted by molar-refractivity contribution is -0.383. The zero-order valence-corrected chi connectivity index (χ0v) is 17.8. The van der Waals surface area contributed by atoms with Crippen LogP contribution in [-0.4, -0.2) is 156 Å². The van der Waals surface area contributed by atoms with Crippen LogP contribution in [0.15, 0.2) is 0 Å². The van der Waals surface area contributed by atoms with Gasteiger partial charge in [-0.05, 0) is 6.92 Å². The normalized spacial score (nSPS) is 52.4. The molecule has 10 N–H and O–H groups in total. The standard InChI is InChI=1S/C18H30O16/c1-3-5(20)7(22)9(24)17(30-3)34-14-12(11(26)13(15(27)28)32-16(14)29)33-18-10(25)8(23)6(21)4(2-19)31-18/h3-14,16-26,29H,2H2,1H3,(H,27,28)/t3-,4+,5-,6+,7+,8-,9+,10+,11-,12-,13-,14+,16+,17-,18-/m0/s1. The van der Waals surface area contributed by atoms with Crippen molar-refractivity contribution in [1.29, 1.82) is 0 Å². The van der Waals surface area contributed by atoms with Crippen LogP contribution in [0.2, 0.25) is 0 Å². The summed E-state index contributed by atoms with van der Waals surface area (Å²) < 4.78 is 26.2. The van der Waals surface area contributed by atoms with Crippen LogP contribution < -0.4 is 0 Å². The van der Waals surface area contributed by atoms with Crippen LogP contribution in [0.5, 0.6) is 0 Å². The second kappa shape index (κ2) is 10.9. The van der Waals surface area contributed by atoms with Crippen molar-refractivity contribution in [1.82, 2.24) is 0 Å². The maximum Gasteiger partial charge on any atom is 0.335 e. The van der Waals surface area contributed by atoms with Crippen molar-refractivity contribution in [3.8, 4) is 0 Å². The molecule has 0 aromatic heterocycles. The second-order valence-corrected chi connectivity index (χ2v) is 8.36. The molecule has 0 aromatic carbocycles. The first-order chi connectivity index (χ1) is 15.9. The molecule has 3 aliphatic rings. The Morgan fingerprint density at radius 2 is 1.24 bits per heavy atom. The fourth-order valence-electron chi connectivity index (χ4n) is 3.96. The predicted octanol–water partition coefficient (Wildman–Crippen LogP) is -6.45. The van der Waals surface area contributed by atoms with Gasteiger partial charge in [0.05, 0.1) is 12.7 Å². The number of aliphatic carboxylic acids is 1. The maximum absolute atomic E-state index is 11.5. The van der Waals surface area contributed by atoms with Gasteiger partial charge in [0.25, 0.3) is 0 Å². The number of aliphatic hydroxyl groups excluding tert-OH is 9. The third-order valence-electron chi connectivity index (χ3n) is 6.02. The molecular formula is C18H30O16. The van der Waals surface area contributed by atoms with E-state index in [0.717, 1.165) is 0 Å². The van der Waals surface area contributed by atoms with E-state index >= 15 is 0 Å². The fourth-order valence-corrected chi connectivity index (χ4v) is 3.96. The van der Waals surface area contributed by atoms with Crippen LogP contribution in [0.4, 0.5) is 0 Å². The Balaban J connectivity index is 1.85. The molecule has 3 fully saturated rings. The highest BCUT2D eigenvalue weighted by Gasteiger charge is 2.55. The van der Waals surface area contributed by atoms with Gasteiger partial charge in [-0.3, -0.25) is 0 Å². The Labute approximate surface area is 192 Å². The molecule has 16 nitrogen and oxygen atoms in total. The minimum absolute atomic E-state index is 0.804. The highest BCUT2D eigenvalue weighted by molar-refractivity contribution is 5.73. The molecule has 3 saturated heterocycles. The topological polar surface area (TPSA) is 266 Å². The van der Waals surface area contributed by atoms with E-state index in [9.17, 15) is 55.9 Å². The number of ether oxygens (including phenoxy) is 5. The summed E-state index contributed by atoms with van der Waals surface area (Å²) in [5, 5.41) is 99.7. The van der Waals surface area contributed by atoms with Crippen molar-refractivity contribution < 1.29 is 79.5 Å². The minimum Gasteiger partial charge on any atom is -0.479 e. The zero-order chi connectivity index (χ0) is 25.5. The zero-order valence-electron chi connectivity index (χ0n) is 17.8. The number of rotatable bonds is 6. The van der Waals surface area contributed by atoms with Gasteiger partial charge in [0, 0.05) is 0 Å². The van der Waals surface area contributed by atoms with Crippen LogP contribution in [-0.2, 0) is 28.5 Å². The molecule has 198 valence electrons. The van der Waals surface area contributed by atoms with Crippen molar-refractivity contribution >= 4 is 5.97 Å². The molecule has 0 amide bonds. The van der Waals surface area contributed by atoms with Crippen molar-refractivity contribution in [2.24, 2.45) is 0 Å². The maximum atomic E-state index is 11.5. The first-order valence-corrected chi connectivity index (χ1v) is 10.4. The summed E-state index contributed by atoms with van der Waals surface area (Å²) in [5.74, 6) is -1.70. The third kappa shape index (κ3) is 5.20. The van der Waals surface area contributed by atoms with Gasteiger partial charge in [-0.1, -0.05) is 0 Å². The van der Waals surface area contributed by atoms with Gasteiger partial charge in [-0.15, -0.1) is 0 Å². The minimum atomic E-state index is -2.12. The van der Waals surface area contributed by atoms with Crippen LogP contribution in [0.1, 0.15) is 6.92 Å². The van der Waals surface area contributed by atoms with Crippen molar-refractivity contribution in [2.45, 2.75) is 99.0 Å². The van der Waals surface area contributed by atoms with Crippen molar-refractivity contribution in [3.63, 3.8) is 0 Å². The number of carboxylic acids is 1. The predicted molar refractivity (Wildman–Crippen MR) is 100 cm³/mol. The molecular weight excluding hydrogens is 472 g/mol. The van der Waals surface area contributed by atoms with E-state index < -0.39 is 105 Å². The molecule has 0 bridgehead atoms. The molecule has 0 radical (unpaired) electrons. The van der Waals surface area contributed by atoms with E-state index in [4.69, 9.17) is 23.7 Å². The summed E-state index contributed by atoms with van der Waals surface area (Å²) in [7, 11) is 0. The van der Waals surface area contributed by atoms with E-state index in [-0.39, 0.29) is 0 Å². The summed E-state index contributed by atoms with van der Waals surface area (Å²) in [4.78, 5) is 11.5. The average molecular weight is 502 g/mol. The van der Waals surface area contributed by atoms with Gasteiger partial charge in [0.1, 0.15) is 61.0 Å². The second-order valence-electron chi connectivity index (χ2n) is 8.36. The highest BCUT2D eigenvalue weighted by atomic mass is 16.8. The van der Waals surface area contributed by atoms with E-state index in [1.54, 1.807) is 0 Å². The molecule has 0 aliphatic carbocycles. The Hall–Kier alpha value is -1.09. The van der Waals surface area contributed by atoms with Crippen LogP contribution in [0, 0.1) is 0 Å². The Morgan fingerprint density at radius 1 is 0.706 bits per heavy atom. The quantitative estimate of drug-likeness (QED) is 0.162. The van der Waals surface area contributed by atoms with Gasteiger partial charge < -0.3 is 74.7 Å². The van der Waals surface area contributed by atoms with Crippen molar-refractivity contribution in [2.75, 3.05) is 6.61 Å². The molecule has 0 unspecified atom stereocenters. The number of hydrogen-bond donors (Lipinski definition) is 10. The van der Waals surface area contributed by atoms with Gasteiger partial charge >= 0.3 is 5.97 Å². The lowest BCUT2D eigenvalue weighted by atomic mass is 9.96. The molecule has 16 heteroatoms. The third-order valence-corrected chi connectivity index (χ3v) is 6.02. The molecule has 0 saturated carbocycles. The Morgan fingerprint density at radius 3 is 1.79 bits per heavy atom. The first-order valence-electron chi connectivity index (χ1n) is 10.4. The van der Waals surface area contributed by atoms with Gasteiger partial charge in [-0.2, -0.15) is 0 Å². The fraction of sp³-hybridized carbons (Fsp3) is 0.944. The van der Waals surface area contributed by atoms with E-state index in [1.807, 2.05) is 0 Å². The molecule has 3 aliphatic heterocycles. The lowest BCUT2D eigenvalue weighted by Gasteiger charge is -2.47. The molecule has 15 atom stereocenters. The first kappa shape index (κ1) is 27.5. The van der Waals surface area contributed by atoms with E-state index in [0.29, 0.717) is 0 Å². The summed E-state index contributed by atoms with van der Waals surface area (Å²) in [6, 6.07) is 0. The smallest absolute Gasteiger partial charge is 0.335 e. The summed E-state index contributed by atoms with van der Waals surface area (Å²) in [6.45, 7) is 0.544. The summed E-state index contributed by atoms with van der Waals surface area (Å²) in [6.07, 6.45) is -26.6. The lowest BCUT2D eigenvalue weighted by Crippen LogP contribution is -2.67. The van der Waals surface area contributed by atoms with Gasteiger partial charge in [0.2, 0.25) is 0 Å². The summed E-state index contributed by atoms with van der Waals surface area (Å²) >= 11 is 0. The number of carbonyl (C=O) groups is 1. The van der Waals surface area contributed by atoms with Crippen LogP contribution in [0.3, 0.4) is 0 Å². The SMILES string of the molecule is C[C@@H]1O[C@@H](O[C@@H]2[C@@H](O[C@@H]3O[C@H](CO)[C@@H](O)[C@H](O)[C@H]3O)[C@H](O)[C@@H](C(=O)O)O[C@H]2O)[C@H](O)[C@H](O)[C@H]1O. The Kier molecular flexibility index (Phi) is 8.81. The monoisotopic (exact) mass is 502 g/mol. The van der Waals surface area contributed by atoms with Gasteiger partial charge in [-0.25, -0.2) is 4.79 Å². The molecule has 3 rings (SSSR count). The van der Waals surface area contributed by atoms with E-state index in [2.05, 4.69) is 0 Å². The molecule has 34 heavy (non-hydrogen) atoms.